The maximum absolute atomic E-state index is 12.2. The minimum atomic E-state index is 0.113. The first-order valence-corrected chi connectivity index (χ1v) is 9.22. The van der Waals surface area contributed by atoms with Gasteiger partial charge in [0.1, 0.15) is 0 Å². The van der Waals surface area contributed by atoms with Gasteiger partial charge in [-0.2, -0.15) is 0 Å². The van der Waals surface area contributed by atoms with Crippen LogP contribution in [0.25, 0.3) is 0 Å². The molecule has 1 amide bonds. The molecule has 1 aliphatic heterocycles. The van der Waals surface area contributed by atoms with Crippen LogP contribution in [-0.2, 0) is 17.6 Å². The van der Waals surface area contributed by atoms with Crippen molar-refractivity contribution < 1.29 is 4.79 Å². The van der Waals surface area contributed by atoms with Gasteiger partial charge in [0.15, 0.2) is 0 Å². The van der Waals surface area contributed by atoms with Gasteiger partial charge in [0.05, 0.1) is 6.42 Å². The molecule has 1 aliphatic rings. The molecule has 0 aromatic heterocycles. The highest BCUT2D eigenvalue weighted by atomic mass is 16.1. The molecule has 0 aliphatic carbocycles. The summed E-state index contributed by atoms with van der Waals surface area (Å²) in [6, 6.07) is 15.5. The van der Waals surface area contributed by atoms with Crippen LogP contribution in [0.5, 0.6) is 0 Å². The van der Waals surface area contributed by atoms with Gasteiger partial charge in [-0.3, -0.25) is 4.79 Å². The monoisotopic (exact) mass is 336 g/mol. The van der Waals surface area contributed by atoms with Gasteiger partial charge in [0.25, 0.3) is 0 Å². The second-order valence-corrected chi connectivity index (χ2v) is 7.19. The minimum Gasteiger partial charge on any atom is -0.368 e. The molecule has 0 spiro atoms. The number of nitrogens with one attached hydrogen (secondary N) is 1. The summed E-state index contributed by atoms with van der Waals surface area (Å²) in [6.45, 7) is 8.14. The van der Waals surface area contributed by atoms with E-state index in [1.54, 1.807) is 0 Å². The zero-order valence-corrected chi connectivity index (χ0v) is 15.5. The van der Waals surface area contributed by atoms with Crippen molar-refractivity contribution in [3.63, 3.8) is 0 Å². The van der Waals surface area contributed by atoms with Crippen LogP contribution in [-0.4, -0.2) is 25.0 Å². The third-order valence-electron chi connectivity index (χ3n) is 5.10. The van der Waals surface area contributed by atoms with E-state index in [1.807, 2.05) is 0 Å². The van der Waals surface area contributed by atoms with E-state index >= 15 is 0 Å². The number of nitrogens with zero attached hydrogens (tertiary/aromatic N) is 1. The number of rotatable bonds is 6. The number of amides is 1. The second-order valence-electron chi connectivity index (χ2n) is 7.19. The van der Waals surface area contributed by atoms with E-state index in [4.69, 9.17) is 0 Å². The molecule has 2 aromatic carbocycles. The molecule has 0 unspecified atom stereocenters. The molecule has 3 nitrogen and oxygen atoms in total. The van der Waals surface area contributed by atoms with Gasteiger partial charge in [-0.1, -0.05) is 42.0 Å². The first-order valence-electron chi connectivity index (χ1n) is 9.22. The fourth-order valence-electron chi connectivity index (χ4n) is 3.73. The first-order chi connectivity index (χ1) is 12.0. The summed E-state index contributed by atoms with van der Waals surface area (Å²) in [5.74, 6) is 0.113. The number of anilines is 1. The van der Waals surface area contributed by atoms with E-state index in [0.717, 1.165) is 31.5 Å². The summed E-state index contributed by atoms with van der Waals surface area (Å²) in [7, 11) is 0. The molecule has 3 rings (SSSR count). The number of fused-ring (bicyclic) bond motifs is 1. The third kappa shape index (κ3) is 4.22. The van der Waals surface area contributed by atoms with Gasteiger partial charge in [-0.15, -0.1) is 0 Å². The van der Waals surface area contributed by atoms with Gasteiger partial charge in [-0.05, 0) is 56.4 Å². The zero-order chi connectivity index (χ0) is 17.8. The van der Waals surface area contributed by atoms with Gasteiger partial charge >= 0.3 is 0 Å². The van der Waals surface area contributed by atoms with E-state index in [1.165, 1.54) is 22.4 Å². The highest BCUT2D eigenvalue weighted by Gasteiger charge is 2.24. The predicted molar refractivity (Wildman–Crippen MR) is 104 cm³/mol. The van der Waals surface area contributed by atoms with E-state index in [9.17, 15) is 4.79 Å². The molecule has 0 bridgehead atoms. The highest BCUT2D eigenvalue weighted by molar-refractivity contribution is 5.78. The number of carbonyl (C=O) groups is 1. The van der Waals surface area contributed by atoms with Crippen molar-refractivity contribution in [2.24, 2.45) is 0 Å². The maximum atomic E-state index is 12.2. The Kier molecular flexibility index (Phi) is 5.42. The molecular formula is C22H28N2O. The molecule has 0 fully saturated rings. The Hall–Kier alpha value is -2.29. The molecule has 0 saturated carbocycles. The van der Waals surface area contributed by atoms with Crippen LogP contribution in [0, 0.1) is 13.8 Å². The van der Waals surface area contributed by atoms with Crippen LogP contribution >= 0.6 is 0 Å². The molecule has 1 N–H and O–H groups in total. The second kappa shape index (κ2) is 7.73. The normalized spacial score (nSPS) is 16.0. The third-order valence-corrected chi connectivity index (χ3v) is 5.10. The predicted octanol–water partition coefficient (Wildman–Crippen LogP) is 3.80. The lowest BCUT2D eigenvalue weighted by molar-refractivity contribution is -0.120. The number of hydrogen-bond donors (Lipinski definition) is 1. The Bertz CT molecular complexity index is 753. The topological polar surface area (TPSA) is 32.3 Å². The quantitative estimate of drug-likeness (QED) is 0.814. The SMILES string of the molecule is Cc1ccc(CC(=O)NCCCN2c3ccccc3C[C@@H]2C)c(C)c1. The van der Waals surface area contributed by atoms with Crippen molar-refractivity contribution in [2.75, 3.05) is 18.0 Å². The largest absolute Gasteiger partial charge is 0.368 e. The lowest BCUT2D eigenvalue weighted by atomic mass is 10.0. The van der Waals surface area contributed by atoms with Crippen molar-refractivity contribution in [1.82, 2.24) is 5.32 Å². The number of aryl methyl sites for hydroxylation is 2. The molecule has 0 saturated heterocycles. The van der Waals surface area contributed by atoms with Crippen LogP contribution in [0.4, 0.5) is 5.69 Å². The molecule has 2 aromatic rings. The lowest BCUT2D eigenvalue weighted by Crippen LogP contribution is -2.33. The average Bonchev–Trinajstić information content (AvgIpc) is 2.90. The molecule has 0 radical (unpaired) electrons. The zero-order valence-electron chi connectivity index (χ0n) is 15.5. The first kappa shape index (κ1) is 17.5. The summed E-state index contributed by atoms with van der Waals surface area (Å²) >= 11 is 0. The summed E-state index contributed by atoms with van der Waals surface area (Å²) in [5, 5.41) is 3.07. The lowest BCUT2D eigenvalue weighted by Gasteiger charge is -2.25. The minimum absolute atomic E-state index is 0.113. The molecule has 25 heavy (non-hydrogen) atoms. The number of benzene rings is 2. The van der Waals surface area contributed by atoms with E-state index in [-0.39, 0.29) is 5.91 Å². The van der Waals surface area contributed by atoms with Crippen molar-refractivity contribution in [3.8, 4) is 0 Å². The highest BCUT2D eigenvalue weighted by Crippen LogP contribution is 2.31. The fraction of sp³-hybridized carbons (Fsp3) is 0.409. The van der Waals surface area contributed by atoms with E-state index in [2.05, 4.69) is 73.5 Å². The fourth-order valence-corrected chi connectivity index (χ4v) is 3.73. The van der Waals surface area contributed by atoms with Crippen molar-refractivity contribution in [3.05, 3.63) is 64.7 Å². The van der Waals surface area contributed by atoms with Crippen LogP contribution in [0.1, 0.15) is 35.6 Å². The van der Waals surface area contributed by atoms with Gasteiger partial charge in [-0.25, -0.2) is 0 Å². The Labute approximate surface area is 151 Å². The number of hydrogen-bond acceptors (Lipinski definition) is 2. The van der Waals surface area contributed by atoms with Crippen LogP contribution in [0.15, 0.2) is 42.5 Å². The molecular weight excluding hydrogens is 308 g/mol. The van der Waals surface area contributed by atoms with Gasteiger partial charge < -0.3 is 10.2 Å². The standard InChI is InChI=1S/C22H28N2O/c1-16-9-10-19(17(2)13-16)15-22(25)23-11-6-12-24-18(3)14-20-7-4-5-8-21(20)24/h4-5,7-10,13,18H,6,11-12,14-15H2,1-3H3,(H,23,25)/t18-/m0/s1. The van der Waals surface area contributed by atoms with Crippen LogP contribution < -0.4 is 10.2 Å². The van der Waals surface area contributed by atoms with Gasteiger partial charge in [0, 0.05) is 24.8 Å². The summed E-state index contributed by atoms with van der Waals surface area (Å²) in [4.78, 5) is 14.6. The van der Waals surface area contributed by atoms with E-state index in [0.29, 0.717) is 12.5 Å². The molecule has 3 heteroatoms. The van der Waals surface area contributed by atoms with Gasteiger partial charge in [0.2, 0.25) is 5.91 Å². The van der Waals surface area contributed by atoms with Crippen molar-refractivity contribution in [2.45, 2.75) is 46.1 Å². The Morgan fingerprint density at radius 3 is 2.80 bits per heavy atom. The Balaban J connectivity index is 1.45. The maximum Gasteiger partial charge on any atom is 0.224 e. The van der Waals surface area contributed by atoms with Crippen LogP contribution in [0.2, 0.25) is 0 Å². The average molecular weight is 336 g/mol. The molecule has 132 valence electrons. The molecule has 1 heterocycles. The Morgan fingerprint density at radius 1 is 1.20 bits per heavy atom. The summed E-state index contributed by atoms with van der Waals surface area (Å²) in [5.41, 5.74) is 6.34. The van der Waals surface area contributed by atoms with Crippen molar-refractivity contribution >= 4 is 11.6 Å². The number of carbonyl (C=O) groups excluding carboxylic acids is 1. The smallest absolute Gasteiger partial charge is 0.224 e. The van der Waals surface area contributed by atoms with Crippen molar-refractivity contribution in [1.29, 1.82) is 0 Å². The summed E-state index contributed by atoms with van der Waals surface area (Å²) < 4.78 is 0. The number of para-hydroxylation sites is 1. The summed E-state index contributed by atoms with van der Waals surface area (Å²) in [6.07, 6.45) is 2.56. The van der Waals surface area contributed by atoms with Crippen LogP contribution in [0.3, 0.4) is 0 Å². The molecule has 1 atom stereocenters. The Morgan fingerprint density at radius 2 is 2.00 bits per heavy atom. The van der Waals surface area contributed by atoms with E-state index < -0.39 is 0 Å².